The third-order valence-corrected chi connectivity index (χ3v) is 8.11. The normalized spacial score (nSPS) is 29.1. The maximum Gasteiger partial charge on any atom is 0.151 e. The van der Waals surface area contributed by atoms with Gasteiger partial charge >= 0.3 is 0 Å². The molecule has 0 amide bonds. The van der Waals surface area contributed by atoms with E-state index in [0.29, 0.717) is 19.4 Å². The smallest absolute Gasteiger partial charge is 0.151 e. The minimum absolute atomic E-state index is 0.0544. The highest BCUT2D eigenvalue weighted by molar-refractivity contribution is 7.92. The van der Waals surface area contributed by atoms with Gasteiger partial charge in [0.2, 0.25) is 0 Å². The Bertz CT molecular complexity index is 747. The summed E-state index contributed by atoms with van der Waals surface area (Å²) in [6, 6.07) is 5.78. The summed E-state index contributed by atoms with van der Waals surface area (Å²) in [6.45, 7) is 0.373. The summed E-state index contributed by atoms with van der Waals surface area (Å²) < 4.78 is 60.6. The average molecular weight is 361 g/mol. The Kier molecular flexibility index (Phi) is 4.50. The minimum atomic E-state index is -3.06. The molecule has 2 heterocycles. The first-order valence-corrected chi connectivity index (χ1v) is 11.3. The van der Waals surface area contributed by atoms with E-state index >= 15 is 0 Å². The summed E-state index contributed by atoms with van der Waals surface area (Å²) in [5.41, 5.74) is 0.735. The lowest BCUT2D eigenvalue weighted by atomic mass is 10.1. The van der Waals surface area contributed by atoms with Crippen LogP contribution in [0.3, 0.4) is 0 Å². The molecular formula is C15H20FNO4S2. The van der Waals surface area contributed by atoms with Crippen LogP contribution >= 0.6 is 0 Å². The molecule has 2 aliphatic heterocycles. The van der Waals surface area contributed by atoms with E-state index in [9.17, 15) is 21.2 Å². The summed E-state index contributed by atoms with van der Waals surface area (Å²) in [5, 5.41) is 0. The maximum absolute atomic E-state index is 13.4. The fraction of sp³-hybridized carbons (Fsp3) is 0.600. The predicted octanol–water partition coefficient (Wildman–Crippen LogP) is 1.00. The Hall–Kier alpha value is -0.990. The molecule has 23 heavy (non-hydrogen) atoms. The minimum Gasteiger partial charge on any atom is -0.291 e. The van der Waals surface area contributed by atoms with E-state index in [1.54, 1.807) is 12.1 Å². The number of sulfone groups is 2. The first-order valence-electron chi connectivity index (χ1n) is 7.65. The highest BCUT2D eigenvalue weighted by Gasteiger charge is 2.39. The van der Waals surface area contributed by atoms with Crippen LogP contribution in [0, 0.1) is 5.82 Å². The standard InChI is InChI=1S/C15H20FNO4S2/c16-13-3-1-2-12(8-13)9-17(14-4-6-22(18,19)10-14)15-5-7-23(20,21)11-15/h1-3,8,14-15H,4-7,9-11H2/t14-,15-/m1/s1. The van der Waals surface area contributed by atoms with E-state index in [0.717, 1.165) is 5.56 Å². The van der Waals surface area contributed by atoms with Crippen molar-refractivity contribution < 1.29 is 21.2 Å². The topological polar surface area (TPSA) is 71.5 Å². The van der Waals surface area contributed by atoms with Gasteiger partial charge < -0.3 is 0 Å². The van der Waals surface area contributed by atoms with Crippen molar-refractivity contribution in [1.82, 2.24) is 4.90 Å². The van der Waals surface area contributed by atoms with Gasteiger partial charge in [0.15, 0.2) is 19.7 Å². The highest BCUT2D eigenvalue weighted by Crippen LogP contribution is 2.27. The van der Waals surface area contributed by atoms with Gasteiger partial charge in [0, 0.05) is 18.6 Å². The van der Waals surface area contributed by atoms with E-state index in [4.69, 9.17) is 0 Å². The zero-order chi connectivity index (χ0) is 16.7. The predicted molar refractivity (Wildman–Crippen MR) is 86.1 cm³/mol. The molecule has 0 bridgehead atoms. The monoisotopic (exact) mass is 361 g/mol. The lowest BCUT2D eigenvalue weighted by molar-refractivity contribution is 0.150. The zero-order valence-electron chi connectivity index (χ0n) is 12.7. The van der Waals surface area contributed by atoms with E-state index in [1.165, 1.54) is 12.1 Å². The Morgan fingerprint density at radius 1 is 1.00 bits per heavy atom. The van der Waals surface area contributed by atoms with Crippen molar-refractivity contribution in [1.29, 1.82) is 0 Å². The first kappa shape index (κ1) is 16.9. The molecule has 2 aliphatic rings. The van der Waals surface area contributed by atoms with E-state index in [2.05, 4.69) is 0 Å². The summed E-state index contributed by atoms with van der Waals surface area (Å²) >= 11 is 0. The van der Waals surface area contributed by atoms with Crippen LogP contribution in [-0.4, -0.2) is 56.8 Å². The van der Waals surface area contributed by atoms with Crippen LogP contribution in [0.2, 0.25) is 0 Å². The van der Waals surface area contributed by atoms with Crippen molar-refractivity contribution in [2.24, 2.45) is 0 Å². The third-order valence-electron chi connectivity index (χ3n) is 4.61. The molecule has 2 saturated heterocycles. The molecular weight excluding hydrogens is 341 g/mol. The quantitative estimate of drug-likeness (QED) is 0.800. The fourth-order valence-corrected chi connectivity index (χ4v) is 6.96. The van der Waals surface area contributed by atoms with Gasteiger partial charge in [-0.15, -0.1) is 0 Å². The SMILES string of the molecule is O=S1(=O)CC[C@@H](N(Cc2cccc(F)c2)[C@@H]2CCS(=O)(=O)C2)C1. The van der Waals surface area contributed by atoms with Crippen LogP contribution < -0.4 is 0 Å². The molecule has 0 radical (unpaired) electrons. The lowest BCUT2D eigenvalue weighted by Gasteiger charge is -2.33. The summed E-state index contributed by atoms with van der Waals surface area (Å²) in [5.74, 6) is 0.0335. The number of nitrogens with zero attached hydrogens (tertiary/aromatic N) is 1. The molecule has 0 saturated carbocycles. The Morgan fingerprint density at radius 3 is 2.00 bits per heavy atom. The van der Waals surface area contributed by atoms with E-state index in [-0.39, 0.29) is 40.9 Å². The second-order valence-corrected chi connectivity index (χ2v) is 10.9. The van der Waals surface area contributed by atoms with Crippen molar-refractivity contribution in [2.45, 2.75) is 31.5 Å². The van der Waals surface area contributed by atoms with Crippen molar-refractivity contribution >= 4 is 19.7 Å². The molecule has 2 atom stereocenters. The largest absolute Gasteiger partial charge is 0.291 e. The second kappa shape index (κ2) is 6.14. The number of hydrogen-bond acceptors (Lipinski definition) is 5. The van der Waals surface area contributed by atoms with Crippen LogP contribution in [0.5, 0.6) is 0 Å². The van der Waals surface area contributed by atoms with Crippen molar-refractivity contribution in [3.05, 3.63) is 35.6 Å². The van der Waals surface area contributed by atoms with Gasteiger partial charge in [-0.25, -0.2) is 21.2 Å². The van der Waals surface area contributed by atoms with Crippen LogP contribution in [0.15, 0.2) is 24.3 Å². The highest BCUT2D eigenvalue weighted by atomic mass is 32.2. The van der Waals surface area contributed by atoms with Crippen molar-refractivity contribution in [2.75, 3.05) is 23.0 Å². The fourth-order valence-electron chi connectivity index (χ4n) is 3.48. The van der Waals surface area contributed by atoms with Gasteiger partial charge in [-0.05, 0) is 30.5 Å². The van der Waals surface area contributed by atoms with Crippen LogP contribution in [0.1, 0.15) is 18.4 Å². The molecule has 0 spiro atoms. The summed E-state index contributed by atoms with van der Waals surface area (Å²) in [4.78, 5) is 1.96. The first-order chi connectivity index (χ1) is 10.7. The van der Waals surface area contributed by atoms with Gasteiger partial charge in [-0.1, -0.05) is 12.1 Å². The Morgan fingerprint density at radius 2 is 1.57 bits per heavy atom. The number of rotatable bonds is 4. The van der Waals surface area contributed by atoms with Crippen LogP contribution in [0.4, 0.5) is 4.39 Å². The molecule has 1 aromatic rings. The van der Waals surface area contributed by atoms with Gasteiger partial charge in [-0.3, -0.25) is 4.90 Å². The molecule has 8 heteroatoms. The molecule has 1 aromatic carbocycles. The molecule has 2 fully saturated rings. The number of hydrogen-bond donors (Lipinski definition) is 0. The van der Waals surface area contributed by atoms with Gasteiger partial charge in [0.1, 0.15) is 5.82 Å². The second-order valence-electron chi connectivity index (χ2n) is 6.42. The average Bonchev–Trinajstić information content (AvgIpc) is 2.98. The zero-order valence-corrected chi connectivity index (χ0v) is 14.3. The molecule has 0 aromatic heterocycles. The van der Waals surface area contributed by atoms with Crippen molar-refractivity contribution in [3.8, 4) is 0 Å². The Balaban J connectivity index is 1.84. The maximum atomic E-state index is 13.4. The van der Waals surface area contributed by atoms with Gasteiger partial charge in [0.05, 0.1) is 23.0 Å². The van der Waals surface area contributed by atoms with E-state index in [1.807, 2.05) is 4.90 Å². The number of benzene rings is 1. The van der Waals surface area contributed by atoms with Gasteiger partial charge in [0.25, 0.3) is 0 Å². The summed E-state index contributed by atoms with van der Waals surface area (Å²) in [7, 11) is -6.13. The van der Waals surface area contributed by atoms with Gasteiger partial charge in [-0.2, -0.15) is 0 Å². The lowest BCUT2D eigenvalue weighted by Crippen LogP contribution is -2.44. The molecule has 128 valence electrons. The molecule has 0 N–H and O–H groups in total. The van der Waals surface area contributed by atoms with Crippen molar-refractivity contribution in [3.63, 3.8) is 0 Å². The molecule has 3 rings (SSSR count). The van der Waals surface area contributed by atoms with E-state index < -0.39 is 19.7 Å². The van der Waals surface area contributed by atoms with Crippen LogP contribution in [-0.2, 0) is 26.2 Å². The molecule has 0 unspecified atom stereocenters. The van der Waals surface area contributed by atoms with Crippen LogP contribution in [0.25, 0.3) is 0 Å². The third kappa shape index (κ3) is 4.10. The molecule has 0 aliphatic carbocycles. The number of halogens is 1. The summed E-state index contributed by atoms with van der Waals surface area (Å²) in [6.07, 6.45) is 1.02. The molecule has 5 nitrogen and oxygen atoms in total. The Labute approximate surface area is 136 Å².